The largest absolute Gasteiger partial charge is 0.327 e. The fourth-order valence-electron chi connectivity index (χ4n) is 2.00. The van der Waals surface area contributed by atoms with Crippen LogP contribution in [0.1, 0.15) is 19.3 Å². The maximum absolute atomic E-state index is 12.5. The molecule has 1 saturated carbocycles. The molecule has 1 fully saturated rings. The first kappa shape index (κ1) is 11.0. The zero-order valence-electron chi connectivity index (χ0n) is 8.82. The van der Waals surface area contributed by atoms with Gasteiger partial charge in [0.25, 0.3) is 0 Å². The summed E-state index contributed by atoms with van der Waals surface area (Å²) >= 11 is 0. The molecular weight excluding hydrogens is 209 g/mol. The van der Waals surface area contributed by atoms with Crippen molar-refractivity contribution in [3.63, 3.8) is 0 Å². The number of anilines is 1. The highest BCUT2D eigenvalue weighted by atomic mass is 19.1. The molecule has 3 N–H and O–H groups in total. The summed E-state index contributed by atoms with van der Waals surface area (Å²) in [6, 6.07) is 2.64. The van der Waals surface area contributed by atoms with Gasteiger partial charge in [0.05, 0.1) is 17.8 Å². The van der Waals surface area contributed by atoms with E-state index >= 15 is 0 Å². The third-order valence-corrected chi connectivity index (χ3v) is 2.90. The maximum Gasteiger partial charge on any atom is 0.229 e. The van der Waals surface area contributed by atoms with E-state index in [0.29, 0.717) is 5.69 Å². The Labute approximate surface area is 93.1 Å². The van der Waals surface area contributed by atoms with Gasteiger partial charge in [0.2, 0.25) is 11.9 Å². The van der Waals surface area contributed by atoms with Crippen molar-refractivity contribution in [2.24, 2.45) is 11.7 Å². The summed E-state index contributed by atoms with van der Waals surface area (Å²) in [5, 5.41) is 2.69. The van der Waals surface area contributed by atoms with Gasteiger partial charge in [-0.25, -0.2) is 4.98 Å². The molecule has 0 aromatic carbocycles. The van der Waals surface area contributed by atoms with Crippen LogP contribution in [-0.2, 0) is 4.79 Å². The molecule has 1 amide bonds. The molecule has 1 aliphatic carbocycles. The Morgan fingerprint density at radius 2 is 2.31 bits per heavy atom. The number of rotatable bonds is 2. The number of aromatic nitrogens is 1. The number of nitrogens with zero attached hydrogens (tertiary/aromatic N) is 1. The lowest BCUT2D eigenvalue weighted by molar-refractivity contribution is -0.120. The molecule has 0 aliphatic heterocycles. The highest BCUT2D eigenvalue weighted by Crippen LogP contribution is 2.25. The molecule has 5 heteroatoms. The zero-order chi connectivity index (χ0) is 11.5. The van der Waals surface area contributed by atoms with Crippen LogP contribution in [0.5, 0.6) is 0 Å². The second kappa shape index (κ2) is 4.57. The van der Waals surface area contributed by atoms with E-state index in [0.717, 1.165) is 19.3 Å². The summed E-state index contributed by atoms with van der Waals surface area (Å²) in [7, 11) is 0. The topological polar surface area (TPSA) is 68.0 Å². The maximum atomic E-state index is 12.5. The van der Waals surface area contributed by atoms with E-state index in [1.165, 1.54) is 18.3 Å². The molecule has 86 valence electrons. The molecule has 2 unspecified atom stereocenters. The first-order chi connectivity index (χ1) is 7.66. The monoisotopic (exact) mass is 223 g/mol. The minimum absolute atomic E-state index is 0.0617. The number of pyridine rings is 1. The Morgan fingerprint density at radius 3 is 2.88 bits per heavy atom. The van der Waals surface area contributed by atoms with Crippen molar-refractivity contribution < 1.29 is 9.18 Å². The summed E-state index contributed by atoms with van der Waals surface area (Å²) < 4.78 is 12.5. The van der Waals surface area contributed by atoms with E-state index in [9.17, 15) is 9.18 Å². The molecule has 0 bridgehead atoms. The minimum Gasteiger partial charge on any atom is -0.327 e. The third kappa shape index (κ3) is 2.36. The summed E-state index contributed by atoms with van der Waals surface area (Å²) in [5.41, 5.74) is 6.33. The smallest absolute Gasteiger partial charge is 0.229 e. The van der Waals surface area contributed by atoms with E-state index in [1.54, 1.807) is 0 Å². The molecule has 0 radical (unpaired) electrons. The molecule has 1 aliphatic rings. The number of halogens is 1. The highest BCUT2D eigenvalue weighted by molar-refractivity contribution is 5.93. The van der Waals surface area contributed by atoms with Crippen LogP contribution in [0.4, 0.5) is 10.1 Å². The second-order valence-corrected chi connectivity index (χ2v) is 4.06. The van der Waals surface area contributed by atoms with Crippen molar-refractivity contribution in [1.82, 2.24) is 4.98 Å². The van der Waals surface area contributed by atoms with Gasteiger partial charge in [-0.2, -0.15) is 4.39 Å². The second-order valence-electron chi connectivity index (χ2n) is 4.06. The van der Waals surface area contributed by atoms with E-state index in [-0.39, 0.29) is 17.9 Å². The standard InChI is InChI=1S/C11H14FN3O/c12-10-5-4-7(6-14-10)15-11(16)8-2-1-3-9(8)13/h4-6,8-9H,1-3,13H2,(H,15,16). The Morgan fingerprint density at radius 1 is 1.50 bits per heavy atom. The van der Waals surface area contributed by atoms with Gasteiger partial charge in [-0.1, -0.05) is 6.42 Å². The van der Waals surface area contributed by atoms with Gasteiger partial charge < -0.3 is 11.1 Å². The average molecular weight is 223 g/mol. The van der Waals surface area contributed by atoms with Crippen LogP contribution in [0.25, 0.3) is 0 Å². The van der Waals surface area contributed by atoms with Crippen LogP contribution in [0.15, 0.2) is 18.3 Å². The molecule has 1 aromatic rings. The Bertz CT molecular complexity index is 379. The summed E-state index contributed by atoms with van der Waals surface area (Å²) in [4.78, 5) is 15.3. The van der Waals surface area contributed by atoms with Crippen molar-refractivity contribution in [3.8, 4) is 0 Å². The summed E-state index contributed by atoms with van der Waals surface area (Å²) in [6.07, 6.45) is 4.00. The Hall–Kier alpha value is -1.49. The average Bonchev–Trinajstić information content (AvgIpc) is 2.68. The van der Waals surface area contributed by atoms with Gasteiger partial charge in [0.15, 0.2) is 0 Å². The summed E-state index contributed by atoms with van der Waals surface area (Å²) in [6.45, 7) is 0. The van der Waals surface area contributed by atoms with E-state index in [2.05, 4.69) is 10.3 Å². The van der Waals surface area contributed by atoms with Gasteiger partial charge in [0, 0.05) is 6.04 Å². The fourth-order valence-corrected chi connectivity index (χ4v) is 2.00. The molecule has 1 heterocycles. The van der Waals surface area contributed by atoms with E-state index in [1.807, 2.05) is 0 Å². The lowest BCUT2D eigenvalue weighted by Crippen LogP contribution is -2.34. The number of carbonyl (C=O) groups is 1. The first-order valence-corrected chi connectivity index (χ1v) is 5.35. The third-order valence-electron chi connectivity index (χ3n) is 2.90. The van der Waals surface area contributed by atoms with Crippen LogP contribution < -0.4 is 11.1 Å². The van der Waals surface area contributed by atoms with Gasteiger partial charge in [-0.15, -0.1) is 0 Å². The van der Waals surface area contributed by atoms with Crippen molar-refractivity contribution in [1.29, 1.82) is 0 Å². The normalized spacial score (nSPS) is 24.4. The first-order valence-electron chi connectivity index (χ1n) is 5.35. The molecule has 4 nitrogen and oxygen atoms in total. The zero-order valence-corrected chi connectivity index (χ0v) is 8.82. The molecule has 2 rings (SSSR count). The van der Waals surface area contributed by atoms with Crippen LogP contribution in [0, 0.1) is 11.9 Å². The Kier molecular flexibility index (Phi) is 3.14. The van der Waals surface area contributed by atoms with Crippen LogP contribution in [0.2, 0.25) is 0 Å². The number of carbonyl (C=O) groups excluding carboxylic acids is 1. The minimum atomic E-state index is -0.560. The van der Waals surface area contributed by atoms with Gasteiger partial charge >= 0.3 is 0 Å². The lowest BCUT2D eigenvalue weighted by atomic mass is 10.0. The van der Waals surface area contributed by atoms with Gasteiger partial charge in [-0.3, -0.25) is 4.79 Å². The number of amides is 1. The number of hydrogen-bond donors (Lipinski definition) is 2. The molecule has 2 atom stereocenters. The van der Waals surface area contributed by atoms with Gasteiger partial charge in [-0.05, 0) is 25.0 Å². The predicted molar refractivity (Wildman–Crippen MR) is 58.1 cm³/mol. The van der Waals surface area contributed by atoms with Crippen LogP contribution in [-0.4, -0.2) is 16.9 Å². The van der Waals surface area contributed by atoms with Crippen molar-refractivity contribution in [3.05, 3.63) is 24.3 Å². The van der Waals surface area contributed by atoms with Gasteiger partial charge in [0.1, 0.15) is 0 Å². The van der Waals surface area contributed by atoms with Crippen molar-refractivity contribution in [2.75, 3.05) is 5.32 Å². The van der Waals surface area contributed by atoms with Crippen LogP contribution >= 0.6 is 0 Å². The molecule has 0 saturated heterocycles. The number of nitrogens with two attached hydrogens (primary N) is 1. The van der Waals surface area contributed by atoms with Crippen molar-refractivity contribution in [2.45, 2.75) is 25.3 Å². The Balaban J connectivity index is 1.99. The molecular formula is C11H14FN3O. The number of hydrogen-bond acceptors (Lipinski definition) is 3. The van der Waals surface area contributed by atoms with E-state index < -0.39 is 5.95 Å². The fraction of sp³-hybridized carbons (Fsp3) is 0.455. The molecule has 1 aromatic heterocycles. The van der Waals surface area contributed by atoms with Crippen LogP contribution in [0.3, 0.4) is 0 Å². The molecule has 16 heavy (non-hydrogen) atoms. The quantitative estimate of drug-likeness (QED) is 0.742. The predicted octanol–water partition coefficient (Wildman–Crippen LogP) is 1.29. The van der Waals surface area contributed by atoms with Crippen molar-refractivity contribution >= 4 is 11.6 Å². The SMILES string of the molecule is NC1CCCC1C(=O)Nc1ccc(F)nc1. The number of nitrogens with one attached hydrogen (secondary N) is 1. The molecule has 0 spiro atoms. The highest BCUT2D eigenvalue weighted by Gasteiger charge is 2.30. The lowest BCUT2D eigenvalue weighted by Gasteiger charge is -2.14. The summed E-state index contributed by atoms with van der Waals surface area (Å²) in [5.74, 6) is -0.793. The van der Waals surface area contributed by atoms with E-state index in [4.69, 9.17) is 5.73 Å².